The first kappa shape index (κ1) is 13.4. The minimum Gasteiger partial charge on any atom is -0.487 e. The Labute approximate surface area is 123 Å². The van der Waals surface area contributed by atoms with E-state index in [4.69, 9.17) is 4.74 Å². The Bertz CT molecular complexity index is 476. The highest BCUT2D eigenvalue weighted by Crippen LogP contribution is 2.49. The Hall–Kier alpha value is -0.540. The van der Waals surface area contributed by atoms with E-state index in [1.807, 2.05) is 18.2 Å². The van der Waals surface area contributed by atoms with Crippen molar-refractivity contribution in [1.82, 2.24) is 0 Å². The van der Waals surface area contributed by atoms with Crippen molar-refractivity contribution in [2.75, 3.05) is 0 Å². The van der Waals surface area contributed by atoms with Gasteiger partial charge in [0.25, 0.3) is 0 Å². The highest BCUT2D eigenvalue weighted by atomic mass is 79.9. The van der Waals surface area contributed by atoms with Crippen LogP contribution in [0.1, 0.15) is 51.2 Å². The summed E-state index contributed by atoms with van der Waals surface area (Å²) in [6.07, 6.45) is 3.72. The highest BCUT2D eigenvalue weighted by Gasteiger charge is 2.45. The molecule has 0 saturated heterocycles. The summed E-state index contributed by atoms with van der Waals surface area (Å²) in [6.45, 7) is 4.59. The number of fused-ring (bicyclic) bond motifs is 1. The summed E-state index contributed by atoms with van der Waals surface area (Å²) in [5, 5.41) is 10.4. The minimum atomic E-state index is -0.394. The normalized spacial score (nSPS) is 37.8. The van der Waals surface area contributed by atoms with E-state index < -0.39 is 6.10 Å². The lowest BCUT2D eigenvalue weighted by molar-refractivity contribution is -0.0624. The Morgan fingerprint density at radius 3 is 2.58 bits per heavy atom. The second-order valence-corrected chi connectivity index (χ2v) is 7.46. The Balaban J connectivity index is 1.95. The number of aliphatic hydroxyl groups is 1. The van der Waals surface area contributed by atoms with Crippen LogP contribution in [0.15, 0.2) is 22.7 Å². The molecule has 2 aliphatic rings. The topological polar surface area (TPSA) is 29.5 Å². The predicted molar refractivity (Wildman–Crippen MR) is 79.3 cm³/mol. The molecule has 0 amide bonds. The van der Waals surface area contributed by atoms with Gasteiger partial charge < -0.3 is 9.84 Å². The van der Waals surface area contributed by atoms with Crippen LogP contribution in [0, 0.1) is 11.8 Å². The zero-order valence-corrected chi connectivity index (χ0v) is 13.1. The summed E-state index contributed by atoms with van der Waals surface area (Å²) in [7, 11) is 0. The van der Waals surface area contributed by atoms with Crippen molar-refractivity contribution in [2.24, 2.45) is 11.8 Å². The molecule has 0 aromatic heterocycles. The molecule has 1 N–H and O–H groups in total. The van der Waals surface area contributed by atoms with Gasteiger partial charge in [-0.2, -0.15) is 0 Å². The average Bonchev–Trinajstić information content (AvgIpc) is 2.25. The molecule has 104 valence electrons. The second-order valence-electron chi connectivity index (χ2n) is 6.54. The molecule has 2 unspecified atom stereocenters. The van der Waals surface area contributed by atoms with Crippen LogP contribution in [-0.2, 0) is 0 Å². The highest BCUT2D eigenvalue weighted by molar-refractivity contribution is 9.10. The molecule has 1 aliphatic heterocycles. The van der Waals surface area contributed by atoms with Gasteiger partial charge in [-0.05, 0) is 43.2 Å². The summed E-state index contributed by atoms with van der Waals surface area (Å²) in [4.78, 5) is 0. The summed E-state index contributed by atoms with van der Waals surface area (Å²) >= 11 is 3.48. The fourth-order valence-corrected chi connectivity index (χ4v) is 4.41. The first-order chi connectivity index (χ1) is 8.97. The molecule has 3 atom stereocenters. The van der Waals surface area contributed by atoms with Gasteiger partial charge >= 0.3 is 0 Å². The second kappa shape index (κ2) is 4.78. The van der Waals surface area contributed by atoms with Crippen molar-refractivity contribution in [2.45, 2.75) is 51.2 Å². The van der Waals surface area contributed by atoms with Crippen molar-refractivity contribution in [1.29, 1.82) is 0 Å². The van der Waals surface area contributed by atoms with Crippen LogP contribution >= 0.6 is 15.9 Å². The molecule has 0 bridgehead atoms. The van der Waals surface area contributed by atoms with Crippen molar-refractivity contribution < 1.29 is 9.84 Å². The largest absolute Gasteiger partial charge is 0.487 e. The van der Waals surface area contributed by atoms with E-state index in [0.717, 1.165) is 35.0 Å². The third-order valence-corrected chi connectivity index (χ3v) is 4.97. The molecule has 1 aromatic carbocycles. The molecule has 1 fully saturated rings. The lowest BCUT2D eigenvalue weighted by atomic mass is 9.70. The van der Waals surface area contributed by atoms with Gasteiger partial charge in [0.1, 0.15) is 11.4 Å². The Morgan fingerprint density at radius 2 is 1.89 bits per heavy atom. The van der Waals surface area contributed by atoms with Gasteiger partial charge in [0, 0.05) is 16.5 Å². The van der Waals surface area contributed by atoms with Crippen LogP contribution in [0.2, 0.25) is 0 Å². The van der Waals surface area contributed by atoms with Crippen LogP contribution < -0.4 is 4.74 Å². The van der Waals surface area contributed by atoms with Crippen molar-refractivity contribution >= 4 is 15.9 Å². The molecule has 2 nitrogen and oxygen atoms in total. The van der Waals surface area contributed by atoms with Crippen LogP contribution in [0.3, 0.4) is 0 Å². The van der Waals surface area contributed by atoms with Gasteiger partial charge in [0.05, 0.1) is 6.10 Å². The monoisotopic (exact) mass is 324 g/mol. The van der Waals surface area contributed by atoms with Gasteiger partial charge in [-0.3, -0.25) is 0 Å². The third-order valence-electron chi connectivity index (χ3n) is 4.47. The van der Waals surface area contributed by atoms with Crippen LogP contribution in [0.4, 0.5) is 0 Å². The van der Waals surface area contributed by atoms with E-state index >= 15 is 0 Å². The molecule has 3 heteroatoms. The SMILES string of the molecule is CC1CC(C)CC2(C1)C[C@@H](O)c1ccc(Br)cc1O2. The average molecular weight is 325 g/mol. The molecular formula is C16H21BrO2. The summed E-state index contributed by atoms with van der Waals surface area (Å²) < 4.78 is 7.37. The van der Waals surface area contributed by atoms with E-state index in [0.29, 0.717) is 11.8 Å². The Kier molecular flexibility index (Phi) is 3.38. The van der Waals surface area contributed by atoms with Gasteiger partial charge in [0.2, 0.25) is 0 Å². The van der Waals surface area contributed by atoms with E-state index in [-0.39, 0.29) is 5.60 Å². The lowest BCUT2D eigenvalue weighted by Crippen LogP contribution is -2.46. The zero-order chi connectivity index (χ0) is 13.6. The number of halogens is 1. The van der Waals surface area contributed by atoms with Crippen molar-refractivity contribution in [3.05, 3.63) is 28.2 Å². The molecule has 1 saturated carbocycles. The molecule has 0 radical (unpaired) electrons. The standard InChI is InChI=1S/C16H21BrO2/c1-10-5-11(2)8-16(7-10)9-14(18)13-4-3-12(17)6-15(13)19-16/h3-4,6,10-11,14,18H,5,7-9H2,1-2H3/t10?,11?,14-,16?/m1/s1. The number of ether oxygens (including phenoxy) is 1. The van der Waals surface area contributed by atoms with Crippen molar-refractivity contribution in [3.63, 3.8) is 0 Å². The van der Waals surface area contributed by atoms with Gasteiger partial charge in [-0.15, -0.1) is 0 Å². The number of aliphatic hydroxyl groups excluding tert-OH is 1. The third kappa shape index (κ3) is 2.55. The first-order valence-electron chi connectivity index (χ1n) is 7.14. The number of hydrogen-bond acceptors (Lipinski definition) is 2. The Morgan fingerprint density at radius 1 is 1.21 bits per heavy atom. The molecule has 1 aliphatic carbocycles. The van der Waals surface area contributed by atoms with Gasteiger partial charge in [-0.25, -0.2) is 0 Å². The predicted octanol–water partition coefficient (Wildman–Crippen LogP) is 4.46. The molecule has 19 heavy (non-hydrogen) atoms. The first-order valence-corrected chi connectivity index (χ1v) is 7.93. The lowest BCUT2D eigenvalue weighted by Gasteiger charge is -2.47. The van der Waals surface area contributed by atoms with Gasteiger partial charge in [-0.1, -0.05) is 35.8 Å². The van der Waals surface area contributed by atoms with Crippen LogP contribution in [0.5, 0.6) is 5.75 Å². The minimum absolute atomic E-state index is 0.162. The smallest absolute Gasteiger partial charge is 0.127 e. The zero-order valence-electron chi connectivity index (χ0n) is 11.5. The number of rotatable bonds is 0. The summed E-state index contributed by atoms with van der Waals surface area (Å²) in [5.41, 5.74) is 0.768. The van der Waals surface area contributed by atoms with Crippen LogP contribution in [0.25, 0.3) is 0 Å². The maximum absolute atomic E-state index is 10.4. The fraction of sp³-hybridized carbons (Fsp3) is 0.625. The maximum atomic E-state index is 10.4. The van der Waals surface area contributed by atoms with E-state index in [1.165, 1.54) is 6.42 Å². The van der Waals surface area contributed by atoms with Gasteiger partial charge in [0.15, 0.2) is 0 Å². The van der Waals surface area contributed by atoms with Crippen molar-refractivity contribution in [3.8, 4) is 5.75 Å². The van der Waals surface area contributed by atoms with E-state index in [9.17, 15) is 5.11 Å². The van der Waals surface area contributed by atoms with E-state index in [1.54, 1.807) is 0 Å². The molecule has 3 rings (SSSR count). The number of hydrogen-bond donors (Lipinski definition) is 1. The fourth-order valence-electron chi connectivity index (χ4n) is 4.07. The summed E-state index contributed by atoms with van der Waals surface area (Å²) in [5.74, 6) is 2.20. The summed E-state index contributed by atoms with van der Waals surface area (Å²) in [6, 6.07) is 5.92. The van der Waals surface area contributed by atoms with Crippen LogP contribution in [-0.4, -0.2) is 10.7 Å². The van der Waals surface area contributed by atoms with E-state index in [2.05, 4.69) is 29.8 Å². The molecule has 1 spiro atoms. The molecule has 1 heterocycles. The maximum Gasteiger partial charge on any atom is 0.127 e. The molecular weight excluding hydrogens is 304 g/mol. The quantitative estimate of drug-likeness (QED) is 0.763. The molecule has 1 aromatic rings. The number of benzene rings is 1.